The molecule has 2 heterocycles. The number of hydrogen-bond donors (Lipinski definition) is 1. The topological polar surface area (TPSA) is 58.9 Å². The second kappa shape index (κ2) is 7.66. The highest BCUT2D eigenvalue weighted by Gasteiger charge is 2.37. The van der Waals surface area contributed by atoms with Crippen molar-refractivity contribution >= 4 is 45.0 Å². The van der Waals surface area contributed by atoms with Gasteiger partial charge in [0.15, 0.2) is 9.84 Å². The number of nitrogens with one attached hydrogen (secondary N) is 1. The zero-order valence-electron chi connectivity index (χ0n) is 13.7. The summed E-state index contributed by atoms with van der Waals surface area (Å²) in [4.78, 5) is 15.4. The largest absolute Gasteiger partial charge is 0.329 e. The van der Waals surface area contributed by atoms with Crippen LogP contribution in [-0.4, -0.2) is 63.0 Å². The van der Waals surface area contributed by atoms with Gasteiger partial charge in [0.2, 0.25) is 5.91 Å². The molecule has 0 radical (unpaired) electrons. The summed E-state index contributed by atoms with van der Waals surface area (Å²) in [5.41, 5.74) is 0.711. The van der Waals surface area contributed by atoms with Crippen molar-refractivity contribution in [3.8, 4) is 0 Å². The van der Waals surface area contributed by atoms with Crippen LogP contribution in [0.15, 0.2) is 24.3 Å². The van der Waals surface area contributed by atoms with Crippen LogP contribution in [0.2, 0.25) is 10.0 Å². The maximum Gasteiger partial charge on any atom is 0.246 e. The fraction of sp³-hybridized carbons (Fsp3) is 0.471. The number of carbonyl (C=O) groups is 1. The number of quaternary nitrogens is 1. The van der Waals surface area contributed by atoms with E-state index in [-0.39, 0.29) is 17.7 Å². The van der Waals surface area contributed by atoms with Crippen LogP contribution in [-0.2, 0) is 14.6 Å². The van der Waals surface area contributed by atoms with Gasteiger partial charge in [-0.3, -0.25) is 4.79 Å². The monoisotopic (exact) mass is 403 g/mol. The molecule has 5 nitrogen and oxygen atoms in total. The second-order valence-corrected chi connectivity index (χ2v) is 9.57. The quantitative estimate of drug-likeness (QED) is 0.763. The number of benzene rings is 1. The summed E-state index contributed by atoms with van der Waals surface area (Å²) < 4.78 is 23.2. The molecule has 8 heteroatoms. The third kappa shape index (κ3) is 4.56. The van der Waals surface area contributed by atoms with Crippen molar-refractivity contribution in [2.24, 2.45) is 0 Å². The highest BCUT2D eigenvalue weighted by atomic mass is 35.5. The van der Waals surface area contributed by atoms with Crippen LogP contribution in [0, 0.1) is 0 Å². The van der Waals surface area contributed by atoms with Crippen LogP contribution >= 0.6 is 23.2 Å². The summed E-state index contributed by atoms with van der Waals surface area (Å²) in [6, 6.07) is 5.48. The Morgan fingerprint density at radius 1 is 1.24 bits per heavy atom. The third-order valence-electron chi connectivity index (χ3n) is 4.91. The van der Waals surface area contributed by atoms with Crippen LogP contribution in [0.1, 0.15) is 12.0 Å². The molecule has 3 rings (SSSR count). The minimum absolute atomic E-state index is 0.0610. The lowest BCUT2D eigenvalue weighted by Gasteiger charge is -2.34. The fourth-order valence-electron chi connectivity index (χ4n) is 3.46. The molecule has 1 aromatic carbocycles. The van der Waals surface area contributed by atoms with E-state index in [1.807, 2.05) is 0 Å². The Morgan fingerprint density at radius 3 is 2.60 bits per heavy atom. The van der Waals surface area contributed by atoms with Gasteiger partial charge in [-0.15, -0.1) is 0 Å². The van der Waals surface area contributed by atoms with Gasteiger partial charge in [0.25, 0.3) is 0 Å². The molecule has 136 valence electrons. The van der Waals surface area contributed by atoms with Gasteiger partial charge in [0.05, 0.1) is 42.0 Å². The Morgan fingerprint density at radius 2 is 1.96 bits per heavy atom. The number of rotatable bonds is 3. The Balaban J connectivity index is 1.55. The summed E-state index contributed by atoms with van der Waals surface area (Å²) >= 11 is 12.1. The number of sulfone groups is 1. The fourth-order valence-corrected chi connectivity index (χ4v) is 5.65. The highest BCUT2D eigenvalue weighted by Crippen LogP contribution is 2.26. The highest BCUT2D eigenvalue weighted by molar-refractivity contribution is 7.91. The van der Waals surface area contributed by atoms with E-state index in [1.165, 1.54) is 11.0 Å². The van der Waals surface area contributed by atoms with Gasteiger partial charge < -0.3 is 9.80 Å². The minimum atomic E-state index is -2.86. The molecule has 1 N–H and O–H groups in total. The zero-order valence-corrected chi connectivity index (χ0v) is 16.1. The summed E-state index contributed by atoms with van der Waals surface area (Å²) in [6.45, 7) is 2.85. The van der Waals surface area contributed by atoms with Crippen molar-refractivity contribution in [2.45, 2.75) is 12.5 Å². The summed E-state index contributed by atoms with van der Waals surface area (Å²) in [7, 11) is -2.86. The molecule has 0 aliphatic carbocycles. The van der Waals surface area contributed by atoms with Gasteiger partial charge in [-0.2, -0.15) is 0 Å². The van der Waals surface area contributed by atoms with Crippen LogP contribution in [0.25, 0.3) is 6.08 Å². The van der Waals surface area contributed by atoms with E-state index >= 15 is 0 Å². The molecule has 0 spiro atoms. The van der Waals surface area contributed by atoms with Gasteiger partial charge >= 0.3 is 0 Å². The molecule has 1 amide bonds. The van der Waals surface area contributed by atoms with E-state index in [4.69, 9.17) is 23.2 Å². The van der Waals surface area contributed by atoms with E-state index in [1.54, 1.807) is 29.2 Å². The van der Waals surface area contributed by atoms with Crippen LogP contribution in [0.4, 0.5) is 0 Å². The Bertz CT molecular complexity index is 787. The molecule has 2 aliphatic heterocycles. The zero-order chi connectivity index (χ0) is 18.0. The molecular weight excluding hydrogens is 383 g/mol. The number of piperazine rings is 1. The average molecular weight is 404 g/mol. The average Bonchev–Trinajstić information content (AvgIpc) is 2.96. The van der Waals surface area contributed by atoms with Crippen molar-refractivity contribution in [1.29, 1.82) is 0 Å². The Kier molecular flexibility index (Phi) is 5.73. The molecule has 2 aliphatic rings. The second-order valence-electron chi connectivity index (χ2n) is 6.56. The molecule has 2 fully saturated rings. The van der Waals surface area contributed by atoms with Gasteiger partial charge in [0, 0.05) is 12.5 Å². The number of hydrogen-bond acceptors (Lipinski definition) is 3. The predicted molar refractivity (Wildman–Crippen MR) is 99.8 cm³/mol. The van der Waals surface area contributed by atoms with Gasteiger partial charge in [0.1, 0.15) is 11.8 Å². The molecule has 1 atom stereocenters. The SMILES string of the molecule is O=C(/C=C/c1cccc(Cl)c1Cl)N1CC[NH+]([C@@H]2CCS(=O)(=O)C2)CC1. The van der Waals surface area contributed by atoms with Crippen LogP contribution in [0.3, 0.4) is 0 Å². The van der Waals surface area contributed by atoms with Crippen LogP contribution < -0.4 is 4.90 Å². The Labute approximate surface area is 158 Å². The maximum absolute atomic E-state index is 12.4. The first-order valence-corrected chi connectivity index (χ1v) is 10.9. The molecule has 0 aromatic heterocycles. The lowest BCUT2D eigenvalue weighted by molar-refractivity contribution is -0.925. The van der Waals surface area contributed by atoms with E-state index in [9.17, 15) is 13.2 Å². The number of amides is 1. The molecule has 0 bridgehead atoms. The lowest BCUT2D eigenvalue weighted by Crippen LogP contribution is -3.18. The molecule has 2 saturated heterocycles. The molecule has 25 heavy (non-hydrogen) atoms. The van der Waals surface area contributed by atoms with Gasteiger partial charge in [-0.1, -0.05) is 35.3 Å². The number of carbonyl (C=O) groups excluding carboxylic acids is 1. The number of nitrogens with zero attached hydrogens (tertiary/aromatic N) is 1. The Hall–Kier alpha value is -1.08. The third-order valence-corrected chi connectivity index (χ3v) is 7.52. The van der Waals surface area contributed by atoms with E-state index < -0.39 is 9.84 Å². The molecule has 0 unspecified atom stereocenters. The van der Waals surface area contributed by atoms with E-state index in [0.29, 0.717) is 34.5 Å². The normalized spacial score (nSPS) is 24.1. The predicted octanol–water partition coefficient (Wildman–Crippen LogP) is 0.921. The van der Waals surface area contributed by atoms with Gasteiger partial charge in [-0.25, -0.2) is 8.42 Å². The molecule has 0 saturated carbocycles. The van der Waals surface area contributed by atoms with Crippen molar-refractivity contribution in [3.05, 3.63) is 39.9 Å². The first-order valence-electron chi connectivity index (χ1n) is 8.32. The van der Waals surface area contributed by atoms with E-state index in [0.717, 1.165) is 19.5 Å². The van der Waals surface area contributed by atoms with Crippen molar-refractivity contribution < 1.29 is 18.1 Å². The maximum atomic E-state index is 12.4. The van der Waals surface area contributed by atoms with Gasteiger partial charge in [-0.05, 0) is 17.7 Å². The molecule has 1 aromatic rings. The lowest BCUT2D eigenvalue weighted by atomic mass is 10.2. The van der Waals surface area contributed by atoms with E-state index in [2.05, 4.69) is 0 Å². The summed E-state index contributed by atoms with van der Waals surface area (Å²) in [6.07, 6.45) is 3.93. The standard InChI is InChI=1S/C17H20Cl2N2O3S/c18-15-3-1-2-13(17(15)19)4-5-16(22)21-9-7-20(8-10-21)14-6-11-25(23,24)12-14/h1-5,14H,6-12H2/p+1/b5-4+/t14-/m1/s1. The van der Waals surface area contributed by atoms with Crippen molar-refractivity contribution in [3.63, 3.8) is 0 Å². The first-order chi connectivity index (χ1) is 11.9. The van der Waals surface area contributed by atoms with Crippen molar-refractivity contribution in [2.75, 3.05) is 37.7 Å². The first kappa shape index (κ1) is 18.7. The van der Waals surface area contributed by atoms with Crippen LogP contribution in [0.5, 0.6) is 0 Å². The smallest absolute Gasteiger partial charge is 0.246 e. The molecular formula is C17H21Cl2N2O3S+. The minimum Gasteiger partial charge on any atom is -0.329 e. The summed E-state index contributed by atoms with van der Waals surface area (Å²) in [5, 5.41) is 0.893. The summed E-state index contributed by atoms with van der Waals surface area (Å²) in [5.74, 6) is 0.519. The van der Waals surface area contributed by atoms with Crippen molar-refractivity contribution in [1.82, 2.24) is 4.90 Å². The number of halogens is 2.